The fraction of sp³-hybridized carbons (Fsp3) is 0.600. The first-order chi connectivity index (χ1) is 7.22. The number of aromatic nitrogens is 1. The van der Waals surface area contributed by atoms with Crippen molar-refractivity contribution >= 4 is 6.03 Å². The fourth-order valence-electron chi connectivity index (χ4n) is 2.00. The first kappa shape index (κ1) is 10.0. The minimum Gasteiger partial charge on any atom is -0.361 e. The van der Waals surface area contributed by atoms with Crippen LogP contribution >= 0.6 is 0 Å². The Morgan fingerprint density at radius 2 is 2.53 bits per heavy atom. The highest BCUT2D eigenvalue weighted by Gasteiger charge is 2.31. The normalized spacial score (nSPS) is 20.7. The van der Waals surface area contributed by atoms with Gasteiger partial charge in [-0.3, -0.25) is 0 Å². The standard InChI is InChI=1S/C10H15N3O2/c1-7-6-8(12-15-7)9-4-3-5-13(9)10(14)11-2/h6,9H,3-5H2,1-2H3,(H,11,14). The highest BCUT2D eigenvalue weighted by molar-refractivity contribution is 5.74. The summed E-state index contributed by atoms with van der Waals surface area (Å²) in [6, 6.07) is 1.92. The van der Waals surface area contributed by atoms with Gasteiger partial charge in [-0.15, -0.1) is 0 Å². The molecule has 1 atom stereocenters. The zero-order valence-electron chi connectivity index (χ0n) is 8.99. The molecule has 0 spiro atoms. The molecule has 0 aromatic carbocycles. The molecule has 2 amide bonds. The smallest absolute Gasteiger partial charge is 0.317 e. The van der Waals surface area contributed by atoms with Gasteiger partial charge in [-0.1, -0.05) is 5.16 Å². The van der Waals surface area contributed by atoms with Crippen molar-refractivity contribution in [3.63, 3.8) is 0 Å². The molecule has 1 unspecified atom stereocenters. The van der Waals surface area contributed by atoms with Crippen molar-refractivity contribution in [3.05, 3.63) is 17.5 Å². The van der Waals surface area contributed by atoms with Crippen molar-refractivity contribution in [2.24, 2.45) is 0 Å². The van der Waals surface area contributed by atoms with Gasteiger partial charge in [0.1, 0.15) is 11.5 Å². The predicted molar refractivity (Wildman–Crippen MR) is 54.4 cm³/mol. The van der Waals surface area contributed by atoms with E-state index in [0.717, 1.165) is 30.8 Å². The first-order valence-electron chi connectivity index (χ1n) is 5.14. The van der Waals surface area contributed by atoms with Crippen LogP contribution in [0, 0.1) is 6.92 Å². The highest BCUT2D eigenvalue weighted by Crippen LogP contribution is 2.31. The second-order valence-corrected chi connectivity index (χ2v) is 3.77. The minimum absolute atomic E-state index is 0.0434. The first-order valence-corrected chi connectivity index (χ1v) is 5.14. The molecule has 0 aliphatic carbocycles. The van der Waals surface area contributed by atoms with Gasteiger partial charge in [0.05, 0.1) is 6.04 Å². The highest BCUT2D eigenvalue weighted by atomic mass is 16.5. The van der Waals surface area contributed by atoms with E-state index in [1.165, 1.54) is 0 Å². The molecular weight excluding hydrogens is 194 g/mol. The van der Waals surface area contributed by atoms with E-state index in [-0.39, 0.29) is 12.1 Å². The third-order valence-corrected chi connectivity index (χ3v) is 2.72. The van der Waals surface area contributed by atoms with Crippen LogP contribution in [-0.4, -0.2) is 29.7 Å². The monoisotopic (exact) mass is 209 g/mol. The van der Waals surface area contributed by atoms with Crippen LogP contribution in [0.5, 0.6) is 0 Å². The number of likely N-dealkylation sites (tertiary alicyclic amines) is 1. The predicted octanol–water partition coefficient (Wildman–Crippen LogP) is 1.46. The molecule has 0 saturated carbocycles. The summed E-state index contributed by atoms with van der Waals surface area (Å²) in [4.78, 5) is 13.4. The number of aryl methyl sites for hydroxylation is 1. The topological polar surface area (TPSA) is 58.4 Å². The maximum absolute atomic E-state index is 11.6. The third-order valence-electron chi connectivity index (χ3n) is 2.72. The number of rotatable bonds is 1. The van der Waals surface area contributed by atoms with Gasteiger partial charge in [-0.2, -0.15) is 0 Å². The van der Waals surface area contributed by atoms with Gasteiger partial charge in [0.25, 0.3) is 0 Å². The number of carbonyl (C=O) groups excluding carboxylic acids is 1. The third kappa shape index (κ3) is 1.82. The van der Waals surface area contributed by atoms with Crippen molar-refractivity contribution in [1.29, 1.82) is 0 Å². The molecule has 1 fully saturated rings. The lowest BCUT2D eigenvalue weighted by Gasteiger charge is -2.22. The Morgan fingerprint density at radius 3 is 3.13 bits per heavy atom. The van der Waals surface area contributed by atoms with E-state index in [9.17, 15) is 4.79 Å². The molecular formula is C10H15N3O2. The summed E-state index contributed by atoms with van der Waals surface area (Å²) in [5.74, 6) is 0.786. The van der Waals surface area contributed by atoms with Crippen molar-refractivity contribution in [2.75, 3.05) is 13.6 Å². The second-order valence-electron chi connectivity index (χ2n) is 3.77. The lowest BCUT2D eigenvalue weighted by molar-refractivity contribution is 0.193. The lowest BCUT2D eigenvalue weighted by atomic mass is 10.1. The maximum Gasteiger partial charge on any atom is 0.317 e. The quantitative estimate of drug-likeness (QED) is 0.761. The molecule has 1 aliphatic heterocycles. The molecule has 5 heteroatoms. The van der Waals surface area contributed by atoms with Crippen LogP contribution < -0.4 is 5.32 Å². The van der Waals surface area contributed by atoms with E-state index >= 15 is 0 Å². The number of urea groups is 1. The molecule has 15 heavy (non-hydrogen) atoms. The Labute approximate surface area is 88.4 Å². The number of hydrogen-bond donors (Lipinski definition) is 1. The average molecular weight is 209 g/mol. The minimum atomic E-state index is -0.0434. The SMILES string of the molecule is CNC(=O)N1CCCC1c1cc(C)on1. The van der Waals surface area contributed by atoms with E-state index in [1.807, 2.05) is 13.0 Å². The summed E-state index contributed by atoms with van der Waals surface area (Å²) in [5.41, 5.74) is 0.855. The Bertz CT molecular complexity index is 361. The fourth-order valence-corrected chi connectivity index (χ4v) is 2.00. The number of hydrogen-bond acceptors (Lipinski definition) is 3. The summed E-state index contributed by atoms with van der Waals surface area (Å²) in [6.45, 7) is 2.64. The van der Waals surface area contributed by atoms with Gasteiger partial charge in [-0.05, 0) is 19.8 Å². The lowest BCUT2D eigenvalue weighted by Crippen LogP contribution is -2.37. The van der Waals surface area contributed by atoms with E-state index in [0.29, 0.717) is 0 Å². The average Bonchev–Trinajstić information content (AvgIpc) is 2.84. The molecule has 1 N–H and O–H groups in total. The largest absolute Gasteiger partial charge is 0.361 e. The summed E-state index contributed by atoms with van der Waals surface area (Å²) in [7, 11) is 1.64. The Kier molecular flexibility index (Phi) is 2.62. The Balaban J connectivity index is 2.18. The summed E-state index contributed by atoms with van der Waals surface area (Å²) >= 11 is 0. The molecule has 0 bridgehead atoms. The van der Waals surface area contributed by atoms with Crippen LogP contribution in [0.3, 0.4) is 0 Å². The van der Waals surface area contributed by atoms with E-state index < -0.39 is 0 Å². The van der Waals surface area contributed by atoms with Gasteiger partial charge in [-0.25, -0.2) is 4.79 Å². The maximum atomic E-state index is 11.6. The van der Waals surface area contributed by atoms with Gasteiger partial charge in [0, 0.05) is 19.7 Å². The van der Waals surface area contributed by atoms with Gasteiger partial charge < -0.3 is 14.7 Å². The van der Waals surface area contributed by atoms with Crippen LogP contribution in [-0.2, 0) is 0 Å². The second kappa shape index (κ2) is 3.92. The van der Waals surface area contributed by atoms with Crippen molar-refractivity contribution in [2.45, 2.75) is 25.8 Å². The summed E-state index contributed by atoms with van der Waals surface area (Å²) in [5, 5.41) is 6.61. The summed E-state index contributed by atoms with van der Waals surface area (Å²) in [6.07, 6.45) is 1.98. The molecule has 5 nitrogen and oxygen atoms in total. The molecule has 1 aromatic heterocycles. The van der Waals surface area contributed by atoms with Crippen molar-refractivity contribution in [3.8, 4) is 0 Å². The van der Waals surface area contributed by atoms with Crippen molar-refractivity contribution in [1.82, 2.24) is 15.4 Å². The molecule has 1 saturated heterocycles. The summed E-state index contributed by atoms with van der Waals surface area (Å²) < 4.78 is 5.03. The van der Waals surface area contributed by atoms with Crippen LogP contribution in [0.15, 0.2) is 10.6 Å². The van der Waals surface area contributed by atoms with Crippen LogP contribution in [0.1, 0.15) is 30.3 Å². The van der Waals surface area contributed by atoms with Crippen LogP contribution in [0.25, 0.3) is 0 Å². The van der Waals surface area contributed by atoms with Crippen LogP contribution in [0.2, 0.25) is 0 Å². The van der Waals surface area contributed by atoms with Gasteiger partial charge >= 0.3 is 6.03 Å². The van der Waals surface area contributed by atoms with E-state index in [4.69, 9.17) is 4.52 Å². The number of nitrogens with zero attached hydrogens (tertiary/aromatic N) is 2. The number of carbonyl (C=O) groups is 1. The molecule has 1 aromatic rings. The zero-order chi connectivity index (χ0) is 10.8. The Morgan fingerprint density at radius 1 is 1.73 bits per heavy atom. The van der Waals surface area contributed by atoms with Gasteiger partial charge in [0.15, 0.2) is 0 Å². The molecule has 0 radical (unpaired) electrons. The van der Waals surface area contributed by atoms with Crippen molar-refractivity contribution < 1.29 is 9.32 Å². The molecule has 2 rings (SSSR count). The van der Waals surface area contributed by atoms with E-state index in [2.05, 4.69) is 10.5 Å². The van der Waals surface area contributed by atoms with Gasteiger partial charge in [0.2, 0.25) is 0 Å². The Hall–Kier alpha value is -1.52. The molecule has 82 valence electrons. The molecule has 1 aliphatic rings. The molecule has 2 heterocycles. The number of amides is 2. The van der Waals surface area contributed by atoms with Crippen LogP contribution in [0.4, 0.5) is 4.79 Å². The van der Waals surface area contributed by atoms with E-state index in [1.54, 1.807) is 11.9 Å². The zero-order valence-corrected chi connectivity index (χ0v) is 8.99. The number of nitrogens with one attached hydrogen (secondary N) is 1.